The highest BCUT2D eigenvalue weighted by atomic mass is 16.5. The average molecular weight is 2010 g/mol. The summed E-state index contributed by atoms with van der Waals surface area (Å²) in [6.45, 7) is 24.7. The number of benzene rings is 3. The maximum Gasteiger partial charge on any atom is 0.139 e. The van der Waals surface area contributed by atoms with Crippen LogP contribution in [0.1, 0.15) is 156 Å². The second-order valence-electron chi connectivity index (χ2n) is 46.3. The molecule has 0 bridgehead atoms. The van der Waals surface area contributed by atoms with Gasteiger partial charge in [0, 0.05) is 194 Å². The Balaban J connectivity index is 0.0000000982. The van der Waals surface area contributed by atoms with Crippen LogP contribution >= 0.6 is 0 Å². The van der Waals surface area contributed by atoms with E-state index in [4.69, 9.17) is 28.4 Å². The summed E-state index contributed by atoms with van der Waals surface area (Å²) in [7, 11) is 0. The topological polar surface area (TPSA) is 270 Å². The fraction of sp³-hybridized carbons (Fsp3) is 0.525. The first-order valence-corrected chi connectivity index (χ1v) is 56.3. The van der Waals surface area contributed by atoms with Gasteiger partial charge >= 0.3 is 0 Å². The first-order valence-electron chi connectivity index (χ1n) is 56.3. The van der Waals surface area contributed by atoms with Crippen LogP contribution in [0.2, 0.25) is 0 Å². The molecule has 8 aromatic heterocycles. The van der Waals surface area contributed by atoms with Crippen molar-refractivity contribution in [1.29, 1.82) is 0 Å². The fourth-order valence-corrected chi connectivity index (χ4v) is 26.8. The molecule has 0 spiro atoms. The number of hydrogen-bond acceptors (Lipinski definition) is 27. The van der Waals surface area contributed by atoms with E-state index in [9.17, 15) is 5.11 Å². The van der Waals surface area contributed by atoms with Gasteiger partial charge in [-0.1, -0.05) is 97.1 Å². The molecule has 0 amide bonds. The van der Waals surface area contributed by atoms with E-state index in [-0.39, 0.29) is 0 Å². The summed E-state index contributed by atoms with van der Waals surface area (Å²) in [6.07, 6.45) is 57.5. The Morgan fingerprint density at radius 1 is 0.282 bits per heavy atom. The number of hydrogen-bond donors (Lipinski definition) is 7. The summed E-state index contributed by atoms with van der Waals surface area (Å²) in [5.74, 6) is 9.85. The summed E-state index contributed by atoms with van der Waals surface area (Å²) >= 11 is 0. The van der Waals surface area contributed by atoms with Crippen LogP contribution in [0.4, 0.5) is 34.1 Å². The molecule has 149 heavy (non-hydrogen) atoms. The minimum Gasteiger partial charge on any atom is -0.490 e. The SMILES string of the molecule is OCC[C@]12C[C@H]1CN(c1cncc(OC[C@@H]3CCCN3)c1)C2.c1cc(C[C@@]23C[C@@H]2CN(c2cncc(OC[C@@H]4CCCN4)c2)C3)ccn1.c1ccc(C[C@@]23C[C@@H]2CN(c2cncc(OC[C@@H]4CCCN4)c2)C3)cc1.c1ccc(C[C@]23C[C@H]2CN(c2cncc(OC[C@@H]4CCCN4)c2)C3)cc1.c1ccc([C@@]23C[C@@H]2CN(c2cncc(OC[C@@H]4CCCN4)c2)C3)cc1.c1cncc([C@@H]2CCN(c3cncc(OC[C@@H]4CCCN4)c3)C2)c1. The first kappa shape index (κ1) is 100. The van der Waals surface area contributed by atoms with Gasteiger partial charge < -0.3 is 94.8 Å². The summed E-state index contributed by atoms with van der Waals surface area (Å²) in [6, 6.07) is 57.2. The summed E-state index contributed by atoms with van der Waals surface area (Å²) in [4.78, 5) is 49.6. The van der Waals surface area contributed by atoms with Crippen LogP contribution in [-0.2, 0) is 24.7 Å². The molecular weight excluding hydrogens is 1860 g/mol. The Bertz CT molecular complexity index is 5800. The molecule has 12 aliphatic heterocycles. The highest BCUT2D eigenvalue weighted by Gasteiger charge is 2.64. The minimum absolute atomic E-state index is 0.306. The monoisotopic (exact) mass is 2010 g/mol. The molecule has 17 atom stereocenters. The zero-order valence-electron chi connectivity index (χ0n) is 87.0. The molecule has 5 aliphatic carbocycles. The van der Waals surface area contributed by atoms with E-state index >= 15 is 0 Å². The number of rotatable bonds is 34. The molecule has 784 valence electrons. The van der Waals surface area contributed by atoms with Gasteiger partial charge in [0.1, 0.15) is 74.1 Å². The zero-order valence-corrected chi connectivity index (χ0v) is 87.0. The van der Waals surface area contributed by atoms with Crippen molar-refractivity contribution in [2.45, 2.75) is 189 Å². The highest BCUT2D eigenvalue weighted by Crippen LogP contribution is 2.65. The number of nitrogens with zero attached hydrogens (tertiary/aromatic N) is 14. The summed E-state index contributed by atoms with van der Waals surface area (Å²) in [5.41, 5.74) is 16.4. The van der Waals surface area contributed by atoms with Gasteiger partial charge in [-0.15, -0.1) is 0 Å². The lowest BCUT2D eigenvalue weighted by molar-refractivity contribution is 0.251. The van der Waals surface area contributed by atoms with E-state index in [2.05, 4.69) is 247 Å². The molecular formula is C122H154N20O7. The quantitative estimate of drug-likeness (QED) is 0.0197. The molecule has 28 rings (SSSR count). The first-order chi connectivity index (χ1) is 73.4. The van der Waals surface area contributed by atoms with Gasteiger partial charge in [-0.2, -0.15) is 0 Å². The Kier molecular flexibility index (Phi) is 31.4. The standard InChI is InChI=1S/2C22H27N3O.C21H26N4O.C21H25N3O.C19H24N4O.C17H25N3O2/c2*1-2-5-17(6-3-1)10-22-11-18(22)14-25(16-22)20-9-21(13-23-12-20)26-15-19-7-4-8-24-19;1-2-18(24-5-1)14-26-20-8-19(11-23-12-20)25-13-17-10-21(17,15-25)9-16-3-6-22-7-4-16;1-2-5-16(6-3-1)21-10-17(21)13-24(15-21)19-9-20(12-22-11-19)25-14-18-7-4-8-23-18;1-3-15(10-20-6-1)16-5-8-23(13-16)18-9-19(12-21-11-18)24-14-17-4-2-7-22-17;21-5-3-17-7-13(17)10-20(12-17)15-6-16(9-18-8-15)22-11-14-2-1-4-19-14/h2*1-3,5-6,9,12-13,18-19,24H,4,7-8,10-11,14-16H2;3-4,6-8,11-12,17-18,24H,1-2,5,9-10,13-15H2;1-3,5-6,9,11-12,17-18,23H,4,7-8,10,13-15H2;1,3,6,9-12,16-17,22H,2,4-5,7-8,13-14H2;6,8-9,13-14,19,21H,1-5,7,10-12H2/t18-,19+,22+;18-,19-,22+;2*17-,18+,21+;16-,17+;13-,14-,17+/m101110/s1. The van der Waals surface area contributed by atoms with Crippen LogP contribution < -0.4 is 89.7 Å². The number of piperidine rings is 5. The van der Waals surface area contributed by atoms with Gasteiger partial charge in [0.05, 0.1) is 108 Å². The van der Waals surface area contributed by atoms with Gasteiger partial charge in [0.25, 0.3) is 0 Å². The predicted octanol–water partition coefficient (Wildman–Crippen LogP) is 16.3. The van der Waals surface area contributed by atoms with Crippen molar-refractivity contribution in [1.82, 2.24) is 71.8 Å². The lowest BCUT2D eigenvalue weighted by Gasteiger charge is -2.23. The number of nitrogens with one attached hydrogen (secondary N) is 6. The molecule has 0 radical (unpaired) electrons. The number of pyridine rings is 8. The van der Waals surface area contributed by atoms with Crippen molar-refractivity contribution in [3.63, 3.8) is 0 Å². The second kappa shape index (κ2) is 46.6. The van der Waals surface area contributed by atoms with Gasteiger partial charge in [-0.05, 0) is 278 Å². The van der Waals surface area contributed by atoms with E-state index in [1.165, 1.54) is 173 Å². The lowest BCUT2D eigenvalue weighted by atomic mass is 9.95. The number of aliphatic hydroxyl groups excluding tert-OH is 1. The average Bonchev–Trinajstić information content (AvgIpc) is 1.54. The van der Waals surface area contributed by atoms with E-state index in [0.29, 0.717) is 75.9 Å². The van der Waals surface area contributed by atoms with E-state index in [0.717, 1.165) is 252 Å². The summed E-state index contributed by atoms with van der Waals surface area (Å²) < 4.78 is 35.8. The van der Waals surface area contributed by atoms with Crippen LogP contribution in [0.5, 0.6) is 34.5 Å². The van der Waals surface area contributed by atoms with Crippen LogP contribution in [0.3, 0.4) is 0 Å². The third kappa shape index (κ3) is 25.2. The Morgan fingerprint density at radius 3 is 0.933 bits per heavy atom. The Morgan fingerprint density at radius 2 is 0.597 bits per heavy atom. The molecule has 3 aromatic carbocycles. The Labute approximate surface area is 880 Å². The fourth-order valence-electron chi connectivity index (χ4n) is 26.8. The minimum atomic E-state index is 0.306. The van der Waals surface area contributed by atoms with Gasteiger partial charge in [-0.3, -0.25) is 39.9 Å². The van der Waals surface area contributed by atoms with Crippen molar-refractivity contribution >= 4 is 34.1 Å². The number of aliphatic hydroxyl groups is 1. The molecule has 27 nitrogen and oxygen atoms in total. The van der Waals surface area contributed by atoms with E-state index in [1.807, 2.05) is 99.0 Å². The molecule has 27 heteroatoms. The molecule has 11 aromatic rings. The van der Waals surface area contributed by atoms with Crippen LogP contribution in [0, 0.1) is 51.2 Å². The molecule has 0 unspecified atom stereocenters. The Hall–Kier alpha value is -11.8. The smallest absolute Gasteiger partial charge is 0.139 e. The molecule has 20 heterocycles. The lowest BCUT2D eigenvalue weighted by Crippen LogP contribution is -2.28. The van der Waals surface area contributed by atoms with Crippen LogP contribution in [-0.4, -0.2) is 245 Å². The molecule has 17 fully saturated rings. The molecule has 7 N–H and O–H groups in total. The van der Waals surface area contributed by atoms with Gasteiger partial charge in [0.2, 0.25) is 0 Å². The van der Waals surface area contributed by atoms with Crippen molar-refractivity contribution in [3.8, 4) is 34.5 Å². The van der Waals surface area contributed by atoms with Crippen molar-refractivity contribution in [3.05, 3.63) is 279 Å². The van der Waals surface area contributed by atoms with Gasteiger partial charge in [-0.25, -0.2) is 0 Å². The highest BCUT2D eigenvalue weighted by molar-refractivity contribution is 5.58. The third-order valence-corrected chi connectivity index (χ3v) is 35.8. The van der Waals surface area contributed by atoms with Gasteiger partial charge in [0.15, 0.2) is 0 Å². The molecule has 17 aliphatic rings. The normalized spacial score (nSPS) is 29.3. The largest absolute Gasteiger partial charge is 0.490 e. The number of ether oxygens (including phenoxy) is 6. The maximum atomic E-state index is 9.24. The predicted molar refractivity (Wildman–Crippen MR) is 588 cm³/mol. The molecule has 5 saturated carbocycles. The number of aromatic nitrogens is 8. The van der Waals surface area contributed by atoms with Crippen molar-refractivity contribution in [2.24, 2.45) is 51.2 Å². The van der Waals surface area contributed by atoms with Crippen LogP contribution in [0.25, 0.3) is 0 Å². The molecule has 12 saturated heterocycles. The summed E-state index contributed by atoms with van der Waals surface area (Å²) in [5, 5.41) is 30.1. The number of fused-ring (bicyclic) bond motifs is 5. The second-order valence-corrected chi connectivity index (χ2v) is 46.3. The van der Waals surface area contributed by atoms with Crippen molar-refractivity contribution < 1.29 is 33.5 Å². The third-order valence-electron chi connectivity index (χ3n) is 35.8. The zero-order chi connectivity index (χ0) is 100. The van der Waals surface area contributed by atoms with Crippen LogP contribution in [0.15, 0.2) is 251 Å². The number of anilines is 6. The van der Waals surface area contributed by atoms with E-state index < -0.39 is 0 Å². The van der Waals surface area contributed by atoms with E-state index in [1.54, 1.807) is 6.20 Å². The maximum absolute atomic E-state index is 9.24. The van der Waals surface area contributed by atoms with Crippen molar-refractivity contribution in [2.75, 3.05) is 193 Å².